The lowest BCUT2D eigenvalue weighted by atomic mass is 9.97. The van der Waals surface area contributed by atoms with E-state index in [-0.39, 0.29) is 18.9 Å². The van der Waals surface area contributed by atoms with Gasteiger partial charge in [-0.05, 0) is 28.6 Å². The number of likely N-dealkylation sites (tertiary alicyclic amines) is 1. The predicted octanol–water partition coefficient (Wildman–Crippen LogP) is 4.78. The number of benzene rings is 2. The summed E-state index contributed by atoms with van der Waals surface area (Å²) in [5.74, 6) is -3.17. The number of pyridine rings is 1. The van der Waals surface area contributed by atoms with Crippen LogP contribution in [0.15, 0.2) is 67.3 Å². The number of fused-ring (bicyclic) bond motifs is 1. The van der Waals surface area contributed by atoms with Crippen molar-refractivity contribution in [2.75, 3.05) is 13.1 Å². The van der Waals surface area contributed by atoms with Gasteiger partial charge < -0.3 is 4.90 Å². The van der Waals surface area contributed by atoms with Gasteiger partial charge in [0.2, 0.25) is 0 Å². The Hall–Kier alpha value is -3.61. The van der Waals surface area contributed by atoms with Gasteiger partial charge in [0.25, 0.3) is 11.8 Å². The highest BCUT2D eigenvalue weighted by Crippen LogP contribution is 2.32. The van der Waals surface area contributed by atoms with Crippen LogP contribution in [-0.4, -0.2) is 44.6 Å². The summed E-state index contributed by atoms with van der Waals surface area (Å²) in [6.45, 7) is -0.453. The number of nitrogens with zero attached hydrogens (tertiary/aromatic N) is 4. The topological polar surface area (TPSA) is 51.0 Å². The summed E-state index contributed by atoms with van der Waals surface area (Å²) in [7, 11) is 1.88. The molecule has 0 unspecified atom stereocenters. The van der Waals surface area contributed by atoms with E-state index in [9.17, 15) is 13.6 Å². The van der Waals surface area contributed by atoms with E-state index in [1.807, 2.05) is 49.8 Å². The molecule has 31 heavy (non-hydrogen) atoms. The van der Waals surface area contributed by atoms with E-state index in [0.29, 0.717) is 5.56 Å². The molecule has 0 atom stereocenters. The first kappa shape index (κ1) is 19.4. The number of rotatable bonds is 3. The third-order valence-electron chi connectivity index (χ3n) is 5.70. The number of carbonyl (C=O) groups excluding carboxylic acids is 1. The molecule has 0 saturated carbocycles. The fourth-order valence-electron chi connectivity index (χ4n) is 4.03. The van der Waals surface area contributed by atoms with Crippen molar-refractivity contribution in [3.63, 3.8) is 0 Å². The third kappa shape index (κ3) is 3.67. The van der Waals surface area contributed by atoms with Crippen molar-refractivity contribution in [3.8, 4) is 22.3 Å². The van der Waals surface area contributed by atoms with Crippen LogP contribution in [0.3, 0.4) is 0 Å². The third-order valence-corrected chi connectivity index (χ3v) is 5.70. The standard InChI is InChI=1S/C24H20F2N4O/c1-29-14-20(12-28-29)16-2-4-17(5-3-16)22-13-27-11-19-7-6-18(10-21(19)22)23(31)30-9-8-24(25,26)15-30/h2-7,10-14H,8-9,15H2,1H3. The summed E-state index contributed by atoms with van der Waals surface area (Å²) in [4.78, 5) is 18.4. The molecule has 0 bridgehead atoms. The molecule has 0 N–H and O–H groups in total. The Morgan fingerprint density at radius 2 is 1.77 bits per heavy atom. The molecule has 5 rings (SSSR count). The maximum atomic E-state index is 13.6. The molecule has 0 radical (unpaired) electrons. The van der Waals surface area contributed by atoms with Gasteiger partial charge in [-0.2, -0.15) is 5.10 Å². The van der Waals surface area contributed by atoms with Crippen LogP contribution in [0.2, 0.25) is 0 Å². The maximum absolute atomic E-state index is 13.6. The van der Waals surface area contributed by atoms with Crippen LogP contribution in [0.1, 0.15) is 16.8 Å². The van der Waals surface area contributed by atoms with Gasteiger partial charge in [-0.25, -0.2) is 8.78 Å². The van der Waals surface area contributed by atoms with Crippen molar-refractivity contribution < 1.29 is 13.6 Å². The first-order valence-corrected chi connectivity index (χ1v) is 10.0. The number of hydrogen-bond donors (Lipinski definition) is 0. The second-order valence-corrected chi connectivity index (χ2v) is 7.94. The van der Waals surface area contributed by atoms with Crippen LogP contribution < -0.4 is 0 Å². The fourth-order valence-corrected chi connectivity index (χ4v) is 4.03. The minimum Gasteiger partial charge on any atom is -0.332 e. The van der Waals surface area contributed by atoms with Crippen molar-refractivity contribution in [1.82, 2.24) is 19.7 Å². The monoisotopic (exact) mass is 418 g/mol. The van der Waals surface area contributed by atoms with Gasteiger partial charge in [0.05, 0.1) is 12.7 Å². The van der Waals surface area contributed by atoms with E-state index in [0.717, 1.165) is 33.0 Å². The summed E-state index contributed by atoms with van der Waals surface area (Å²) < 4.78 is 28.9. The molecule has 2 aromatic heterocycles. The van der Waals surface area contributed by atoms with E-state index in [2.05, 4.69) is 10.1 Å². The van der Waals surface area contributed by atoms with Crippen LogP contribution >= 0.6 is 0 Å². The van der Waals surface area contributed by atoms with Gasteiger partial charge in [0.15, 0.2) is 0 Å². The zero-order valence-electron chi connectivity index (χ0n) is 16.9. The Balaban J connectivity index is 1.50. The lowest BCUT2D eigenvalue weighted by Gasteiger charge is -2.17. The fraction of sp³-hybridized carbons (Fsp3) is 0.208. The highest BCUT2D eigenvalue weighted by molar-refractivity contribution is 6.03. The Morgan fingerprint density at radius 3 is 2.45 bits per heavy atom. The van der Waals surface area contributed by atoms with Crippen molar-refractivity contribution in [2.24, 2.45) is 7.05 Å². The van der Waals surface area contributed by atoms with Crippen LogP contribution in [0.5, 0.6) is 0 Å². The number of amides is 1. The Bertz CT molecular complexity index is 1280. The summed E-state index contributed by atoms with van der Waals surface area (Å²) in [5.41, 5.74) is 4.33. The molecule has 2 aromatic carbocycles. The average molecular weight is 418 g/mol. The summed E-state index contributed by atoms with van der Waals surface area (Å²) in [6, 6.07) is 13.3. The summed E-state index contributed by atoms with van der Waals surface area (Å²) >= 11 is 0. The van der Waals surface area contributed by atoms with Crippen LogP contribution in [0.4, 0.5) is 8.78 Å². The van der Waals surface area contributed by atoms with Gasteiger partial charge in [0.1, 0.15) is 0 Å². The van der Waals surface area contributed by atoms with Gasteiger partial charge >= 0.3 is 0 Å². The maximum Gasteiger partial charge on any atom is 0.267 e. The van der Waals surface area contributed by atoms with Gasteiger partial charge in [-0.3, -0.25) is 14.5 Å². The van der Waals surface area contributed by atoms with E-state index >= 15 is 0 Å². The minimum absolute atomic E-state index is 0.0723. The Morgan fingerprint density at radius 1 is 1.00 bits per heavy atom. The van der Waals surface area contributed by atoms with Crippen LogP contribution in [-0.2, 0) is 7.05 Å². The summed E-state index contributed by atoms with van der Waals surface area (Å²) in [5, 5.41) is 5.95. The Kier molecular flexibility index (Phi) is 4.54. The number of aryl methyl sites for hydroxylation is 1. The predicted molar refractivity (Wildman–Crippen MR) is 115 cm³/mol. The molecule has 3 heterocycles. The molecule has 1 aliphatic rings. The van der Waals surface area contributed by atoms with Crippen LogP contribution in [0, 0.1) is 0 Å². The highest BCUT2D eigenvalue weighted by Gasteiger charge is 2.40. The zero-order chi connectivity index (χ0) is 21.6. The number of halogens is 2. The number of carbonyl (C=O) groups is 1. The molecule has 1 amide bonds. The molecule has 0 aliphatic carbocycles. The number of hydrogen-bond acceptors (Lipinski definition) is 3. The van der Waals surface area contributed by atoms with Crippen molar-refractivity contribution in [1.29, 1.82) is 0 Å². The lowest BCUT2D eigenvalue weighted by Crippen LogP contribution is -2.31. The Labute approximate surface area is 177 Å². The van der Waals surface area contributed by atoms with E-state index in [4.69, 9.17) is 0 Å². The van der Waals surface area contributed by atoms with Gasteiger partial charge in [-0.1, -0.05) is 30.3 Å². The van der Waals surface area contributed by atoms with E-state index < -0.39 is 12.5 Å². The SMILES string of the molecule is Cn1cc(-c2ccc(-c3cncc4ccc(C(=O)N5CCC(F)(F)C5)cc34)cc2)cn1. The second kappa shape index (κ2) is 7.27. The molecular formula is C24H20F2N4O. The molecule has 1 aliphatic heterocycles. The molecule has 4 aromatic rings. The largest absolute Gasteiger partial charge is 0.332 e. The quantitative estimate of drug-likeness (QED) is 0.481. The van der Waals surface area contributed by atoms with Gasteiger partial charge in [-0.15, -0.1) is 0 Å². The number of alkyl halides is 2. The van der Waals surface area contributed by atoms with Crippen molar-refractivity contribution >= 4 is 16.7 Å². The smallest absolute Gasteiger partial charge is 0.267 e. The van der Waals surface area contributed by atoms with Gasteiger partial charge in [0, 0.05) is 60.7 Å². The van der Waals surface area contributed by atoms with Crippen molar-refractivity contribution in [2.45, 2.75) is 12.3 Å². The molecule has 7 heteroatoms. The first-order valence-electron chi connectivity index (χ1n) is 10.0. The molecule has 156 valence electrons. The van der Waals surface area contributed by atoms with E-state index in [1.165, 1.54) is 4.90 Å². The zero-order valence-corrected chi connectivity index (χ0v) is 16.9. The van der Waals surface area contributed by atoms with Crippen molar-refractivity contribution in [3.05, 3.63) is 72.8 Å². The molecule has 1 saturated heterocycles. The van der Waals surface area contributed by atoms with E-state index in [1.54, 1.807) is 29.2 Å². The average Bonchev–Trinajstić information content (AvgIpc) is 3.37. The second-order valence-electron chi connectivity index (χ2n) is 7.94. The molecule has 5 nitrogen and oxygen atoms in total. The van der Waals surface area contributed by atoms with Crippen LogP contribution in [0.25, 0.3) is 33.0 Å². The minimum atomic E-state index is -2.81. The molecule has 1 fully saturated rings. The lowest BCUT2D eigenvalue weighted by molar-refractivity contribution is 0.0120. The summed E-state index contributed by atoms with van der Waals surface area (Å²) in [6.07, 6.45) is 6.98. The normalized spacial score (nSPS) is 15.5. The number of aromatic nitrogens is 3. The molecular weight excluding hydrogens is 398 g/mol. The first-order chi connectivity index (χ1) is 14.9. The highest BCUT2D eigenvalue weighted by atomic mass is 19.3. The molecule has 0 spiro atoms.